The third kappa shape index (κ3) is 5.72. The second kappa shape index (κ2) is 10.1. The summed E-state index contributed by atoms with van der Waals surface area (Å²) in [6.45, 7) is 2.33. The predicted molar refractivity (Wildman–Crippen MR) is 115 cm³/mol. The van der Waals surface area contributed by atoms with E-state index in [1.807, 2.05) is 5.38 Å². The van der Waals surface area contributed by atoms with Gasteiger partial charge in [-0.05, 0) is 36.1 Å². The van der Waals surface area contributed by atoms with Crippen LogP contribution in [0.4, 0.5) is 0 Å². The normalized spacial score (nSPS) is 14.0. The molecule has 3 amide bonds. The minimum Gasteiger partial charge on any atom is -0.352 e. The molecule has 0 atom stereocenters. The molecule has 0 unspecified atom stereocenters. The van der Waals surface area contributed by atoms with E-state index in [9.17, 15) is 14.4 Å². The lowest BCUT2D eigenvalue weighted by Gasteiger charge is -2.35. The Kier molecular flexibility index (Phi) is 7.52. The molecule has 154 valence electrons. The Morgan fingerprint density at radius 3 is 2.41 bits per heavy atom. The smallest absolute Gasteiger partial charge is 0.255 e. The topological polar surface area (TPSA) is 69.7 Å². The van der Waals surface area contributed by atoms with Crippen molar-refractivity contribution < 1.29 is 14.4 Å². The average Bonchev–Trinajstić information content (AvgIpc) is 3.25. The minimum absolute atomic E-state index is 0.0337. The van der Waals surface area contributed by atoms with Gasteiger partial charge in [0, 0.05) is 55.1 Å². The summed E-state index contributed by atoms with van der Waals surface area (Å²) in [7, 11) is 0. The van der Waals surface area contributed by atoms with Crippen molar-refractivity contribution in [2.75, 3.05) is 32.7 Å². The van der Waals surface area contributed by atoms with Crippen LogP contribution in [-0.2, 0) is 4.79 Å². The average molecular weight is 454 g/mol. The molecule has 9 heteroatoms. The SMILES string of the molecule is O=C(NCCCC(=O)N1CCN(C(=O)c2ccc(Cl)cc2Cl)CC1)c1ccsc1. The molecule has 0 radical (unpaired) electrons. The lowest BCUT2D eigenvalue weighted by atomic mass is 10.1. The predicted octanol–water partition coefficient (Wildman–Crippen LogP) is 3.55. The fourth-order valence-corrected chi connectivity index (χ4v) is 4.21. The molecule has 2 heterocycles. The Morgan fingerprint density at radius 1 is 1.03 bits per heavy atom. The van der Waals surface area contributed by atoms with Gasteiger partial charge < -0.3 is 15.1 Å². The van der Waals surface area contributed by atoms with E-state index in [-0.39, 0.29) is 17.7 Å². The third-order valence-corrected chi connectivity index (χ3v) is 5.95. The first-order chi connectivity index (χ1) is 14.0. The molecule has 1 aliphatic rings. The van der Waals surface area contributed by atoms with E-state index < -0.39 is 0 Å². The summed E-state index contributed by atoms with van der Waals surface area (Å²) >= 11 is 13.5. The van der Waals surface area contributed by atoms with Gasteiger partial charge in [0.1, 0.15) is 0 Å². The van der Waals surface area contributed by atoms with Crippen LogP contribution in [0, 0.1) is 0 Å². The Labute approximate surface area is 183 Å². The first-order valence-corrected chi connectivity index (χ1v) is 11.0. The summed E-state index contributed by atoms with van der Waals surface area (Å²) in [5, 5.41) is 7.26. The second-order valence-corrected chi connectivity index (χ2v) is 8.29. The minimum atomic E-state index is -0.157. The number of benzene rings is 1. The van der Waals surface area contributed by atoms with E-state index in [1.165, 1.54) is 11.3 Å². The van der Waals surface area contributed by atoms with Gasteiger partial charge in [-0.25, -0.2) is 0 Å². The molecule has 0 bridgehead atoms. The number of carbonyl (C=O) groups excluding carboxylic acids is 3. The molecule has 1 N–H and O–H groups in total. The maximum absolute atomic E-state index is 12.6. The van der Waals surface area contributed by atoms with E-state index >= 15 is 0 Å². The van der Waals surface area contributed by atoms with Crippen molar-refractivity contribution in [3.63, 3.8) is 0 Å². The van der Waals surface area contributed by atoms with Crippen molar-refractivity contribution in [3.8, 4) is 0 Å². The number of hydrogen-bond acceptors (Lipinski definition) is 4. The first-order valence-electron chi connectivity index (χ1n) is 9.28. The van der Waals surface area contributed by atoms with Crippen LogP contribution < -0.4 is 5.32 Å². The molecule has 29 heavy (non-hydrogen) atoms. The van der Waals surface area contributed by atoms with Crippen LogP contribution in [0.3, 0.4) is 0 Å². The molecule has 1 saturated heterocycles. The quantitative estimate of drug-likeness (QED) is 0.679. The number of rotatable bonds is 6. The second-order valence-electron chi connectivity index (χ2n) is 6.67. The summed E-state index contributed by atoms with van der Waals surface area (Å²) in [5.74, 6) is -0.243. The van der Waals surface area contributed by atoms with Crippen molar-refractivity contribution in [3.05, 3.63) is 56.2 Å². The summed E-state index contributed by atoms with van der Waals surface area (Å²) in [4.78, 5) is 40.3. The molecule has 3 rings (SSSR count). The molecule has 0 aliphatic carbocycles. The Balaban J connectivity index is 1.40. The van der Waals surface area contributed by atoms with Gasteiger partial charge in [-0.2, -0.15) is 11.3 Å². The molecule has 0 spiro atoms. The van der Waals surface area contributed by atoms with Crippen molar-refractivity contribution in [1.29, 1.82) is 0 Å². The maximum Gasteiger partial charge on any atom is 0.255 e. The highest BCUT2D eigenvalue weighted by molar-refractivity contribution is 7.08. The zero-order chi connectivity index (χ0) is 20.8. The molecular formula is C20H21Cl2N3O3S. The highest BCUT2D eigenvalue weighted by Crippen LogP contribution is 2.23. The molecule has 1 aromatic carbocycles. The maximum atomic E-state index is 12.6. The van der Waals surface area contributed by atoms with E-state index in [4.69, 9.17) is 23.2 Å². The van der Waals surface area contributed by atoms with Gasteiger partial charge in [0.2, 0.25) is 5.91 Å². The van der Waals surface area contributed by atoms with Crippen LogP contribution in [-0.4, -0.2) is 60.2 Å². The third-order valence-electron chi connectivity index (χ3n) is 4.72. The van der Waals surface area contributed by atoms with Crippen LogP contribution in [0.1, 0.15) is 33.6 Å². The molecular weight excluding hydrogens is 433 g/mol. The van der Waals surface area contributed by atoms with Crippen LogP contribution in [0.5, 0.6) is 0 Å². The molecule has 6 nitrogen and oxygen atoms in total. The zero-order valence-electron chi connectivity index (χ0n) is 15.7. The van der Waals surface area contributed by atoms with Gasteiger partial charge in [0.25, 0.3) is 11.8 Å². The van der Waals surface area contributed by atoms with Gasteiger partial charge in [-0.3, -0.25) is 14.4 Å². The summed E-state index contributed by atoms with van der Waals surface area (Å²) in [6.07, 6.45) is 0.940. The van der Waals surface area contributed by atoms with Crippen LogP contribution in [0.2, 0.25) is 10.0 Å². The summed E-state index contributed by atoms with van der Waals surface area (Å²) in [6, 6.07) is 6.57. The number of amides is 3. The van der Waals surface area contributed by atoms with Crippen LogP contribution in [0.15, 0.2) is 35.0 Å². The van der Waals surface area contributed by atoms with Crippen molar-refractivity contribution >= 4 is 52.3 Å². The lowest BCUT2D eigenvalue weighted by molar-refractivity contribution is -0.132. The summed E-state index contributed by atoms with van der Waals surface area (Å²) in [5.41, 5.74) is 1.06. The van der Waals surface area contributed by atoms with E-state index in [0.29, 0.717) is 66.7 Å². The number of carbonyl (C=O) groups is 3. The number of nitrogens with zero attached hydrogens (tertiary/aromatic N) is 2. The Hall–Kier alpha value is -2.09. The number of piperazine rings is 1. The molecule has 1 fully saturated rings. The fraction of sp³-hybridized carbons (Fsp3) is 0.350. The van der Waals surface area contributed by atoms with Crippen LogP contribution in [0.25, 0.3) is 0 Å². The monoisotopic (exact) mass is 453 g/mol. The first kappa shape index (κ1) is 21.6. The van der Waals surface area contributed by atoms with Gasteiger partial charge in [-0.15, -0.1) is 0 Å². The van der Waals surface area contributed by atoms with E-state index in [2.05, 4.69) is 5.32 Å². The molecule has 1 aliphatic heterocycles. The van der Waals surface area contributed by atoms with E-state index in [1.54, 1.807) is 39.4 Å². The van der Waals surface area contributed by atoms with Gasteiger partial charge in [0.05, 0.1) is 10.6 Å². The van der Waals surface area contributed by atoms with Crippen molar-refractivity contribution in [1.82, 2.24) is 15.1 Å². The largest absolute Gasteiger partial charge is 0.352 e. The Morgan fingerprint density at radius 2 is 1.76 bits per heavy atom. The molecule has 0 saturated carbocycles. The zero-order valence-corrected chi connectivity index (χ0v) is 18.0. The Bertz CT molecular complexity index is 881. The lowest BCUT2D eigenvalue weighted by Crippen LogP contribution is -2.50. The van der Waals surface area contributed by atoms with Gasteiger partial charge in [0.15, 0.2) is 0 Å². The van der Waals surface area contributed by atoms with Crippen molar-refractivity contribution in [2.24, 2.45) is 0 Å². The van der Waals surface area contributed by atoms with E-state index in [0.717, 1.165) is 0 Å². The van der Waals surface area contributed by atoms with Gasteiger partial charge in [-0.1, -0.05) is 23.2 Å². The molecule has 1 aromatic heterocycles. The number of thiophene rings is 1. The highest BCUT2D eigenvalue weighted by atomic mass is 35.5. The van der Waals surface area contributed by atoms with Crippen molar-refractivity contribution in [2.45, 2.75) is 12.8 Å². The number of nitrogens with one attached hydrogen (secondary N) is 1. The van der Waals surface area contributed by atoms with Crippen LogP contribution >= 0.6 is 34.5 Å². The molecule has 2 aromatic rings. The fourth-order valence-electron chi connectivity index (χ4n) is 3.09. The number of halogens is 2. The van der Waals surface area contributed by atoms with Gasteiger partial charge >= 0.3 is 0 Å². The standard InChI is InChI=1S/C20H21Cl2N3O3S/c21-15-3-4-16(17(22)12-15)20(28)25-9-7-24(8-10-25)18(26)2-1-6-23-19(27)14-5-11-29-13-14/h3-5,11-13H,1-2,6-10H2,(H,23,27). The number of hydrogen-bond donors (Lipinski definition) is 1. The highest BCUT2D eigenvalue weighted by Gasteiger charge is 2.25. The summed E-state index contributed by atoms with van der Waals surface area (Å²) < 4.78 is 0.